The first-order chi connectivity index (χ1) is 15.5. The Morgan fingerprint density at radius 2 is 2.09 bits per heavy atom. The largest absolute Gasteiger partial charge is 0.382 e. The number of nitrogens with one attached hydrogen (secondary N) is 2. The Kier molecular flexibility index (Phi) is 5.96. The van der Waals surface area contributed by atoms with E-state index in [4.69, 9.17) is 9.72 Å². The van der Waals surface area contributed by atoms with Crippen LogP contribution in [0.15, 0.2) is 53.4 Å². The summed E-state index contributed by atoms with van der Waals surface area (Å²) in [5, 5.41) is 8.04. The number of hydrogen-bond donors (Lipinski definition) is 4. The van der Waals surface area contributed by atoms with Gasteiger partial charge >= 0.3 is 0 Å². The number of aromatic nitrogens is 1. The van der Waals surface area contributed by atoms with E-state index in [1.165, 1.54) is 5.56 Å². The van der Waals surface area contributed by atoms with Crippen LogP contribution in [0.1, 0.15) is 11.1 Å². The number of aryl methyl sites for hydroxylation is 1. The van der Waals surface area contributed by atoms with Crippen molar-refractivity contribution >= 4 is 33.0 Å². The van der Waals surface area contributed by atoms with Crippen LogP contribution in [-0.2, 0) is 11.3 Å². The molecule has 8 heteroatoms. The van der Waals surface area contributed by atoms with E-state index in [1.807, 2.05) is 24.3 Å². The maximum Gasteiger partial charge on any atom is 0.131 e. The third-order valence-corrected chi connectivity index (χ3v) is 7.99. The zero-order valence-electron chi connectivity index (χ0n) is 18.3. The lowest BCUT2D eigenvalue weighted by atomic mass is 10.1. The van der Waals surface area contributed by atoms with Crippen molar-refractivity contribution in [3.8, 4) is 0 Å². The van der Waals surface area contributed by atoms with Crippen molar-refractivity contribution in [3.05, 3.63) is 59.7 Å². The Balaban J connectivity index is 1.49. The van der Waals surface area contributed by atoms with Gasteiger partial charge in [-0.3, -0.25) is 9.11 Å². The first kappa shape index (κ1) is 21.5. The number of morpholine rings is 1. The van der Waals surface area contributed by atoms with Crippen LogP contribution in [0, 0.1) is 6.92 Å². The first-order valence-corrected chi connectivity index (χ1v) is 12.8. The number of rotatable bonds is 4. The van der Waals surface area contributed by atoms with E-state index < -0.39 is 10.6 Å². The number of hydrogen-bond acceptors (Lipinski definition) is 7. The minimum absolute atomic E-state index is 0.123. The van der Waals surface area contributed by atoms with E-state index >= 15 is 0 Å². The molecule has 0 spiro atoms. The highest BCUT2D eigenvalue weighted by Crippen LogP contribution is 2.51. The second kappa shape index (κ2) is 8.88. The molecule has 2 aliphatic heterocycles. The van der Waals surface area contributed by atoms with Gasteiger partial charge in [-0.15, -0.1) is 0 Å². The molecule has 7 nitrogen and oxygen atoms in total. The molecule has 5 rings (SSSR count). The number of ether oxygens (including phenoxy) is 1. The molecule has 32 heavy (non-hydrogen) atoms. The zero-order chi connectivity index (χ0) is 22.1. The lowest BCUT2D eigenvalue weighted by molar-refractivity contribution is 0.0372. The van der Waals surface area contributed by atoms with Crippen LogP contribution in [0.4, 0.5) is 11.5 Å². The van der Waals surface area contributed by atoms with Crippen LogP contribution < -0.4 is 15.5 Å². The van der Waals surface area contributed by atoms with E-state index in [9.17, 15) is 9.11 Å². The molecule has 0 bridgehead atoms. The smallest absolute Gasteiger partial charge is 0.131 e. The van der Waals surface area contributed by atoms with Gasteiger partial charge in [0.1, 0.15) is 5.82 Å². The molecule has 2 aromatic carbocycles. The van der Waals surface area contributed by atoms with E-state index in [0.717, 1.165) is 47.7 Å². The van der Waals surface area contributed by atoms with Gasteiger partial charge in [0, 0.05) is 49.9 Å². The minimum atomic E-state index is -2.81. The number of pyridine rings is 1. The molecule has 1 aromatic heterocycles. The van der Waals surface area contributed by atoms with Gasteiger partial charge in [0.15, 0.2) is 0 Å². The number of nitrogens with zero attached hydrogens (tertiary/aromatic N) is 2. The van der Waals surface area contributed by atoms with Gasteiger partial charge < -0.3 is 20.3 Å². The van der Waals surface area contributed by atoms with Gasteiger partial charge in [-0.05, 0) is 30.7 Å². The van der Waals surface area contributed by atoms with Crippen LogP contribution >= 0.6 is 10.6 Å². The fourth-order valence-corrected chi connectivity index (χ4v) is 5.93. The summed E-state index contributed by atoms with van der Waals surface area (Å²) in [6.07, 6.45) is 0.123. The minimum Gasteiger partial charge on any atom is -0.382 e. The summed E-state index contributed by atoms with van der Waals surface area (Å²) in [4.78, 5) is 7.74. The second-order valence-electron chi connectivity index (χ2n) is 8.53. The van der Waals surface area contributed by atoms with Crippen LogP contribution in [0.2, 0.25) is 0 Å². The monoisotopic (exact) mass is 454 g/mol. The summed E-state index contributed by atoms with van der Waals surface area (Å²) in [7, 11) is -2.81. The second-order valence-corrected chi connectivity index (χ2v) is 10.7. The van der Waals surface area contributed by atoms with Crippen LogP contribution in [0.25, 0.3) is 10.9 Å². The fourth-order valence-electron chi connectivity index (χ4n) is 4.39. The molecule has 4 N–H and O–H groups in total. The Morgan fingerprint density at radius 3 is 2.94 bits per heavy atom. The van der Waals surface area contributed by atoms with E-state index in [0.29, 0.717) is 30.3 Å². The SMILES string of the molecule is Cc1ccc2nc(N3CCS(O)(O)c4ccccc4C3)cc(NCC3CNCCO3)c2c1. The van der Waals surface area contributed by atoms with Crippen molar-refractivity contribution < 1.29 is 13.8 Å². The molecule has 170 valence electrons. The van der Waals surface area contributed by atoms with Crippen molar-refractivity contribution in [1.29, 1.82) is 0 Å². The zero-order valence-corrected chi connectivity index (χ0v) is 19.1. The Hall–Kier alpha value is -2.36. The number of anilines is 2. The van der Waals surface area contributed by atoms with E-state index in [1.54, 1.807) is 0 Å². The molecule has 0 radical (unpaired) electrons. The lowest BCUT2D eigenvalue weighted by Gasteiger charge is -2.32. The van der Waals surface area contributed by atoms with Crippen LogP contribution in [-0.4, -0.2) is 58.7 Å². The number of benzene rings is 2. The molecule has 0 amide bonds. The maximum absolute atomic E-state index is 10.7. The van der Waals surface area contributed by atoms with Crippen molar-refractivity contribution in [1.82, 2.24) is 10.3 Å². The normalized spacial score (nSPS) is 21.6. The molecule has 1 fully saturated rings. The third kappa shape index (κ3) is 4.42. The highest BCUT2D eigenvalue weighted by molar-refractivity contribution is 8.24. The van der Waals surface area contributed by atoms with Gasteiger partial charge in [-0.1, -0.05) is 29.8 Å². The van der Waals surface area contributed by atoms with Gasteiger partial charge in [0.25, 0.3) is 0 Å². The Morgan fingerprint density at radius 1 is 1.22 bits per heavy atom. The summed E-state index contributed by atoms with van der Waals surface area (Å²) < 4.78 is 27.3. The number of fused-ring (bicyclic) bond motifs is 2. The topological polar surface area (TPSA) is 89.9 Å². The quantitative estimate of drug-likeness (QED) is 0.472. The predicted molar refractivity (Wildman–Crippen MR) is 131 cm³/mol. The molecule has 1 saturated heterocycles. The van der Waals surface area contributed by atoms with Gasteiger partial charge in [0.2, 0.25) is 0 Å². The molecule has 0 aliphatic carbocycles. The van der Waals surface area contributed by atoms with E-state index in [-0.39, 0.29) is 6.10 Å². The molecular formula is C24H30N4O3S. The summed E-state index contributed by atoms with van der Waals surface area (Å²) in [6, 6.07) is 16.0. The first-order valence-electron chi connectivity index (χ1n) is 11.1. The van der Waals surface area contributed by atoms with Crippen molar-refractivity contribution in [3.63, 3.8) is 0 Å². The summed E-state index contributed by atoms with van der Waals surface area (Å²) in [5.74, 6) is 1.13. The standard InChI is InChI=1S/C24H30N4O3S/c1-17-6-7-21-20(12-17)22(26-15-19-14-25-8-10-31-19)13-24(27-21)28-9-11-32(29,30)23-5-3-2-4-18(23)16-28/h2-7,12-13,19,25,29-30H,8-11,14-16H2,1H3,(H,26,27). The van der Waals surface area contributed by atoms with Crippen molar-refractivity contribution in [2.24, 2.45) is 0 Å². The van der Waals surface area contributed by atoms with Gasteiger partial charge in [-0.25, -0.2) is 4.98 Å². The van der Waals surface area contributed by atoms with E-state index in [2.05, 4.69) is 46.7 Å². The van der Waals surface area contributed by atoms with Gasteiger partial charge in [0.05, 0.1) is 28.9 Å². The molecule has 2 aliphatic rings. The Labute approximate surface area is 190 Å². The van der Waals surface area contributed by atoms with Crippen LogP contribution in [0.3, 0.4) is 0 Å². The van der Waals surface area contributed by atoms with Gasteiger partial charge in [-0.2, -0.15) is 10.6 Å². The summed E-state index contributed by atoms with van der Waals surface area (Å²) >= 11 is 0. The molecule has 3 heterocycles. The molecule has 1 atom stereocenters. The average molecular weight is 455 g/mol. The molecule has 3 aromatic rings. The third-order valence-electron chi connectivity index (χ3n) is 6.13. The van der Waals surface area contributed by atoms with Crippen LogP contribution in [0.5, 0.6) is 0 Å². The highest BCUT2D eigenvalue weighted by atomic mass is 32.3. The fraction of sp³-hybridized carbons (Fsp3) is 0.375. The Bertz CT molecular complexity index is 1120. The van der Waals surface area contributed by atoms with Crippen molar-refractivity contribution in [2.75, 3.05) is 48.8 Å². The lowest BCUT2D eigenvalue weighted by Crippen LogP contribution is -2.42. The summed E-state index contributed by atoms with van der Waals surface area (Å²) in [5.41, 5.74) is 4.06. The van der Waals surface area contributed by atoms with Crippen molar-refractivity contribution in [2.45, 2.75) is 24.5 Å². The average Bonchev–Trinajstić information content (AvgIpc) is 2.94. The molecular weight excluding hydrogens is 424 g/mol. The highest BCUT2D eigenvalue weighted by Gasteiger charge is 2.26. The summed E-state index contributed by atoms with van der Waals surface area (Å²) in [6.45, 7) is 6.37. The maximum atomic E-state index is 10.7. The molecule has 1 unspecified atom stereocenters. The molecule has 0 saturated carbocycles. The predicted octanol–water partition coefficient (Wildman–Crippen LogP) is 4.07.